The quantitative estimate of drug-likeness (QED) is 0.769. The SMILES string of the molecule is CC1CCC(=O)N1c1ccc(NC(=O)c2cccc(-n3cnnc3)n2)cc1. The monoisotopic (exact) mass is 362 g/mol. The molecule has 1 N–H and O–H groups in total. The van der Waals surface area contributed by atoms with Gasteiger partial charge >= 0.3 is 0 Å². The average molecular weight is 362 g/mol. The van der Waals surface area contributed by atoms with Crippen molar-refractivity contribution in [2.75, 3.05) is 10.2 Å². The molecular weight excluding hydrogens is 344 g/mol. The van der Waals surface area contributed by atoms with E-state index < -0.39 is 0 Å². The lowest BCUT2D eigenvalue weighted by atomic mass is 10.2. The van der Waals surface area contributed by atoms with Crippen molar-refractivity contribution in [2.45, 2.75) is 25.8 Å². The molecule has 1 fully saturated rings. The molecule has 8 nitrogen and oxygen atoms in total. The molecule has 2 aromatic heterocycles. The molecular formula is C19H18N6O2. The van der Waals surface area contributed by atoms with E-state index in [0.717, 1.165) is 12.1 Å². The molecule has 0 saturated carbocycles. The molecule has 3 heterocycles. The Morgan fingerprint density at radius 2 is 1.85 bits per heavy atom. The van der Waals surface area contributed by atoms with Gasteiger partial charge in [0.05, 0.1) is 0 Å². The number of hydrogen-bond acceptors (Lipinski definition) is 5. The summed E-state index contributed by atoms with van der Waals surface area (Å²) in [5, 5.41) is 10.3. The van der Waals surface area contributed by atoms with E-state index in [-0.39, 0.29) is 23.6 Å². The Morgan fingerprint density at radius 3 is 2.52 bits per heavy atom. The first-order valence-electron chi connectivity index (χ1n) is 8.67. The zero-order valence-corrected chi connectivity index (χ0v) is 14.7. The van der Waals surface area contributed by atoms with Gasteiger partial charge in [-0.15, -0.1) is 10.2 Å². The molecule has 136 valence electrons. The first-order valence-corrected chi connectivity index (χ1v) is 8.67. The summed E-state index contributed by atoms with van der Waals surface area (Å²) in [6.07, 6.45) is 4.48. The minimum Gasteiger partial charge on any atom is -0.321 e. The molecule has 1 aromatic carbocycles. The fourth-order valence-corrected chi connectivity index (χ4v) is 3.14. The fourth-order valence-electron chi connectivity index (χ4n) is 3.14. The maximum Gasteiger partial charge on any atom is 0.274 e. The minimum absolute atomic E-state index is 0.134. The van der Waals surface area contributed by atoms with E-state index in [2.05, 4.69) is 20.5 Å². The smallest absolute Gasteiger partial charge is 0.274 e. The summed E-state index contributed by atoms with van der Waals surface area (Å²) in [5.74, 6) is 0.377. The topological polar surface area (TPSA) is 93.0 Å². The number of benzene rings is 1. The number of nitrogens with one attached hydrogen (secondary N) is 1. The number of amides is 2. The van der Waals surface area contributed by atoms with Crippen molar-refractivity contribution < 1.29 is 9.59 Å². The minimum atomic E-state index is -0.316. The Labute approximate surface area is 155 Å². The van der Waals surface area contributed by atoms with Gasteiger partial charge in [-0.1, -0.05) is 6.07 Å². The molecule has 0 bridgehead atoms. The van der Waals surface area contributed by atoms with Crippen molar-refractivity contribution in [1.82, 2.24) is 19.7 Å². The number of carbonyl (C=O) groups excluding carboxylic acids is 2. The molecule has 1 aliphatic heterocycles. The number of carbonyl (C=O) groups is 2. The third-order valence-corrected chi connectivity index (χ3v) is 4.54. The molecule has 1 saturated heterocycles. The van der Waals surface area contributed by atoms with Crippen molar-refractivity contribution in [3.05, 3.63) is 60.8 Å². The molecule has 1 aliphatic rings. The van der Waals surface area contributed by atoms with E-state index in [1.807, 2.05) is 19.1 Å². The highest BCUT2D eigenvalue weighted by Gasteiger charge is 2.28. The number of aromatic nitrogens is 4. The summed E-state index contributed by atoms with van der Waals surface area (Å²) in [4.78, 5) is 30.6. The van der Waals surface area contributed by atoms with Gasteiger partial charge < -0.3 is 10.2 Å². The molecule has 27 heavy (non-hydrogen) atoms. The Morgan fingerprint density at radius 1 is 1.11 bits per heavy atom. The van der Waals surface area contributed by atoms with Crippen molar-refractivity contribution in [3.63, 3.8) is 0 Å². The lowest BCUT2D eigenvalue weighted by molar-refractivity contribution is -0.117. The van der Waals surface area contributed by atoms with Crippen molar-refractivity contribution in [3.8, 4) is 5.82 Å². The van der Waals surface area contributed by atoms with Crippen LogP contribution in [0, 0.1) is 0 Å². The number of hydrogen-bond donors (Lipinski definition) is 1. The summed E-state index contributed by atoms with van der Waals surface area (Å²) in [6, 6.07) is 12.6. The first-order chi connectivity index (χ1) is 13.1. The second-order valence-corrected chi connectivity index (χ2v) is 6.40. The number of pyridine rings is 1. The Balaban J connectivity index is 1.49. The van der Waals surface area contributed by atoms with Crippen LogP contribution in [-0.4, -0.2) is 37.6 Å². The molecule has 8 heteroatoms. The van der Waals surface area contributed by atoms with Crippen LogP contribution in [0.5, 0.6) is 0 Å². The highest BCUT2D eigenvalue weighted by atomic mass is 16.2. The average Bonchev–Trinajstić information content (AvgIpc) is 3.33. The first kappa shape index (κ1) is 16.9. The Bertz CT molecular complexity index is 968. The summed E-state index contributed by atoms with van der Waals surface area (Å²) in [7, 11) is 0. The van der Waals surface area contributed by atoms with Crippen LogP contribution in [-0.2, 0) is 4.79 Å². The van der Waals surface area contributed by atoms with Crippen LogP contribution in [0.2, 0.25) is 0 Å². The van der Waals surface area contributed by atoms with Gasteiger partial charge in [-0.3, -0.25) is 14.2 Å². The van der Waals surface area contributed by atoms with E-state index >= 15 is 0 Å². The summed E-state index contributed by atoms with van der Waals surface area (Å²) in [5.41, 5.74) is 1.77. The molecule has 0 radical (unpaired) electrons. The van der Waals surface area contributed by atoms with E-state index in [0.29, 0.717) is 17.9 Å². The lowest BCUT2D eigenvalue weighted by Crippen LogP contribution is -2.30. The third-order valence-electron chi connectivity index (χ3n) is 4.54. The molecule has 0 aliphatic carbocycles. The maximum absolute atomic E-state index is 12.5. The number of anilines is 2. The van der Waals surface area contributed by atoms with Gasteiger partial charge in [0.15, 0.2) is 0 Å². The zero-order chi connectivity index (χ0) is 18.8. The van der Waals surface area contributed by atoms with Crippen LogP contribution in [0.25, 0.3) is 5.82 Å². The van der Waals surface area contributed by atoms with Gasteiger partial charge in [0, 0.05) is 23.8 Å². The predicted octanol–water partition coefficient (Wildman–Crippen LogP) is 2.43. The van der Waals surface area contributed by atoms with Crippen molar-refractivity contribution >= 4 is 23.2 Å². The van der Waals surface area contributed by atoms with Crippen LogP contribution in [0.4, 0.5) is 11.4 Å². The fraction of sp³-hybridized carbons (Fsp3) is 0.211. The van der Waals surface area contributed by atoms with E-state index in [1.54, 1.807) is 39.8 Å². The highest BCUT2D eigenvalue weighted by molar-refractivity contribution is 6.03. The molecule has 1 unspecified atom stereocenters. The maximum atomic E-state index is 12.5. The normalized spacial score (nSPS) is 16.6. The van der Waals surface area contributed by atoms with Crippen molar-refractivity contribution in [2.24, 2.45) is 0 Å². The number of nitrogens with zero attached hydrogens (tertiary/aromatic N) is 5. The van der Waals surface area contributed by atoms with Gasteiger partial charge in [0.25, 0.3) is 5.91 Å². The van der Waals surface area contributed by atoms with Gasteiger partial charge in [0.1, 0.15) is 24.2 Å². The van der Waals surface area contributed by atoms with Crippen molar-refractivity contribution in [1.29, 1.82) is 0 Å². The Kier molecular flexibility index (Phi) is 4.37. The second kappa shape index (κ2) is 6.99. The standard InChI is InChI=1S/C19H18N6O2/c1-13-5-10-18(26)25(13)15-8-6-14(7-9-15)22-19(27)16-3-2-4-17(23-16)24-11-20-21-12-24/h2-4,6-9,11-13H,5,10H2,1H3,(H,22,27). The Hall–Kier alpha value is -3.55. The van der Waals surface area contributed by atoms with Crippen LogP contribution in [0.15, 0.2) is 55.1 Å². The molecule has 1 atom stereocenters. The summed E-state index contributed by atoms with van der Waals surface area (Å²) >= 11 is 0. The predicted molar refractivity (Wildman–Crippen MR) is 99.7 cm³/mol. The largest absolute Gasteiger partial charge is 0.321 e. The van der Waals surface area contributed by atoms with Gasteiger partial charge in [0.2, 0.25) is 5.91 Å². The third kappa shape index (κ3) is 3.41. The van der Waals surface area contributed by atoms with Gasteiger partial charge in [-0.25, -0.2) is 4.98 Å². The van der Waals surface area contributed by atoms with Crippen LogP contribution >= 0.6 is 0 Å². The number of rotatable bonds is 4. The lowest BCUT2D eigenvalue weighted by Gasteiger charge is -2.21. The van der Waals surface area contributed by atoms with Gasteiger partial charge in [-0.2, -0.15) is 0 Å². The van der Waals surface area contributed by atoms with E-state index in [9.17, 15) is 9.59 Å². The van der Waals surface area contributed by atoms with Crippen LogP contribution in [0.3, 0.4) is 0 Å². The zero-order valence-electron chi connectivity index (χ0n) is 14.7. The molecule has 0 spiro atoms. The van der Waals surface area contributed by atoms with Gasteiger partial charge in [-0.05, 0) is 49.7 Å². The second-order valence-electron chi connectivity index (χ2n) is 6.40. The molecule has 4 rings (SSSR count). The summed E-state index contributed by atoms with van der Waals surface area (Å²) < 4.78 is 1.62. The summed E-state index contributed by atoms with van der Waals surface area (Å²) in [6.45, 7) is 2.04. The van der Waals surface area contributed by atoms with E-state index in [1.165, 1.54) is 12.7 Å². The molecule has 2 amide bonds. The van der Waals surface area contributed by atoms with E-state index in [4.69, 9.17) is 0 Å². The highest BCUT2D eigenvalue weighted by Crippen LogP contribution is 2.27. The van der Waals surface area contributed by atoms with Crippen LogP contribution in [0.1, 0.15) is 30.3 Å². The molecule has 3 aromatic rings. The van der Waals surface area contributed by atoms with Crippen LogP contribution < -0.4 is 10.2 Å².